The summed E-state index contributed by atoms with van der Waals surface area (Å²) in [6, 6.07) is 0. The number of nitrogens with zero attached hydrogens (tertiary/aromatic N) is 4. The van der Waals surface area contributed by atoms with Crippen molar-refractivity contribution in [2.45, 2.75) is 19.6 Å². The Morgan fingerprint density at radius 1 is 1.33 bits per heavy atom. The molecule has 2 atom stereocenters. The van der Waals surface area contributed by atoms with Crippen LogP contribution in [0.4, 0.5) is 0 Å². The van der Waals surface area contributed by atoms with E-state index in [0.29, 0.717) is 19.6 Å². The lowest BCUT2D eigenvalue weighted by atomic mass is 10.1. The Morgan fingerprint density at radius 3 is 2.52 bits per heavy atom. The van der Waals surface area contributed by atoms with Crippen molar-refractivity contribution in [2.75, 3.05) is 32.9 Å². The van der Waals surface area contributed by atoms with E-state index in [9.17, 15) is 13.5 Å². The minimum absolute atomic E-state index is 0.0257. The maximum absolute atomic E-state index is 11.9. The molecule has 1 aromatic heterocycles. The average molecular weight is 314 g/mol. The Balaban J connectivity index is 1.96. The predicted molar refractivity (Wildman–Crippen MR) is 79.0 cm³/mol. The van der Waals surface area contributed by atoms with Crippen LogP contribution in [0.25, 0.3) is 0 Å². The fourth-order valence-electron chi connectivity index (χ4n) is 2.41. The number of likely N-dealkylation sites (tertiary alicyclic amines) is 1. The summed E-state index contributed by atoms with van der Waals surface area (Å²) in [5.41, 5.74) is 0.962. The lowest BCUT2D eigenvalue weighted by molar-refractivity contribution is 0.148. The van der Waals surface area contributed by atoms with E-state index in [1.165, 1.54) is 18.4 Å². The Kier molecular flexibility index (Phi) is 4.92. The van der Waals surface area contributed by atoms with Gasteiger partial charge in [0, 0.05) is 57.6 Å². The molecule has 1 saturated heterocycles. The van der Waals surface area contributed by atoms with Crippen molar-refractivity contribution >= 4 is 10.0 Å². The van der Waals surface area contributed by atoms with E-state index in [-0.39, 0.29) is 11.7 Å². The molecule has 0 aromatic carbocycles. The van der Waals surface area contributed by atoms with Gasteiger partial charge in [0.1, 0.15) is 5.82 Å². The zero-order chi connectivity index (χ0) is 15.6. The molecule has 0 bridgehead atoms. The standard InChI is InChI=1S/C13H22N4O3S/c1-10-14-4-11(5-15-10)6-17-7-12(13(18)8-17)9-21(19,20)16(2)3/h4-5,12-13,18H,6-9H2,1-3H3/t12-,13+/m0/s1. The second-order valence-corrected chi connectivity index (χ2v) is 7.95. The van der Waals surface area contributed by atoms with Crippen molar-refractivity contribution in [3.63, 3.8) is 0 Å². The number of hydrogen-bond donors (Lipinski definition) is 1. The van der Waals surface area contributed by atoms with Crippen LogP contribution < -0.4 is 0 Å². The molecular weight excluding hydrogens is 292 g/mol. The number of hydrogen-bond acceptors (Lipinski definition) is 6. The first-order valence-corrected chi connectivity index (χ1v) is 8.47. The van der Waals surface area contributed by atoms with E-state index in [2.05, 4.69) is 9.97 Å². The molecule has 8 heteroatoms. The Labute approximate surface area is 125 Å². The molecule has 1 aliphatic heterocycles. The summed E-state index contributed by atoms with van der Waals surface area (Å²) in [6.07, 6.45) is 2.91. The van der Waals surface area contributed by atoms with Gasteiger partial charge in [-0.1, -0.05) is 0 Å². The molecule has 1 aromatic rings. The van der Waals surface area contributed by atoms with Crippen LogP contribution in [0.3, 0.4) is 0 Å². The van der Waals surface area contributed by atoms with Crippen molar-refractivity contribution in [2.24, 2.45) is 5.92 Å². The third-order valence-corrected chi connectivity index (χ3v) is 5.67. The van der Waals surface area contributed by atoms with Gasteiger partial charge < -0.3 is 5.11 Å². The first-order chi connectivity index (χ1) is 9.78. The predicted octanol–water partition coefficient (Wildman–Crippen LogP) is -0.531. The van der Waals surface area contributed by atoms with Crippen LogP contribution in [0.5, 0.6) is 0 Å². The summed E-state index contributed by atoms with van der Waals surface area (Å²) >= 11 is 0. The normalized spacial score (nSPS) is 23.9. The Morgan fingerprint density at radius 2 is 1.95 bits per heavy atom. The molecule has 118 valence electrons. The summed E-state index contributed by atoms with van der Waals surface area (Å²) in [6.45, 7) is 3.48. The number of aryl methyl sites for hydroxylation is 1. The van der Waals surface area contributed by atoms with Gasteiger partial charge >= 0.3 is 0 Å². The second kappa shape index (κ2) is 6.35. The van der Waals surface area contributed by atoms with Crippen LogP contribution in [-0.4, -0.2) is 71.7 Å². The molecular formula is C13H22N4O3S. The quantitative estimate of drug-likeness (QED) is 0.786. The van der Waals surface area contributed by atoms with Crippen LogP contribution in [0.2, 0.25) is 0 Å². The molecule has 0 unspecified atom stereocenters. The van der Waals surface area contributed by atoms with E-state index >= 15 is 0 Å². The summed E-state index contributed by atoms with van der Waals surface area (Å²) < 4.78 is 25.0. The maximum Gasteiger partial charge on any atom is 0.214 e. The molecule has 0 amide bonds. The molecule has 0 saturated carbocycles. The molecule has 21 heavy (non-hydrogen) atoms. The van der Waals surface area contributed by atoms with Crippen LogP contribution in [0, 0.1) is 12.8 Å². The van der Waals surface area contributed by atoms with Crippen LogP contribution >= 0.6 is 0 Å². The van der Waals surface area contributed by atoms with Gasteiger partial charge in [0.15, 0.2) is 0 Å². The van der Waals surface area contributed by atoms with Gasteiger partial charge in [-0.25, -0.2) is 22.7 Å². The highest BCUT2D eigenvalue weighted by atomic mass is 32.2. The molecule has 2 heterocycles. The Hall–Kier alpha value is -1.09. The topological polar surface area (TPSA) is 86.6 Å². The summed E-state index contributed by atoms with van der Waals surface area (Å²) in [7, 11) is -0.271. The summed E-state index contributed by atoms with van der Waals surface area (Å²) in [5.74, 6) is 0.432. The minimum Gasteiger partial charge on any atom is -0.391 e. The smallest absolute Gasteiger partial charge is 0.214 e. The molecule has 1 N–H and O–H groups in total. The van der Waals surface area contributed by atoms with Gasteiger partial charge in [0.05, 0.1) is 11.9 Å². The van der Waals surface area contributed by atoms with E-state index in [4.69, 9.17) is 0 Å². The van der Waals surface area contributed by atoms with Crippen LogP contribution in [0.1, 0.15) is 11.4 Å². The third-order valence-electron chi connectivity index (χ3n) is 3.70. The maximum atomic E-state index is 11.9. The van der Waals surface area contributed by atoms with Crippen LogP contribution in [0.15, 0.2) is 12.4 Å². The van der Waals surface area contributed by atoms with Crippen molar-refractivity contribution in [1.29, 1.82) is 0 Å². The average Bonchev–Trinajstić information content (AvgIpc) is 2.72. The summed E-state index contributed by atoms with van der Waals surface area (Å²) in [4.78, 5) is 10.3. The number of aliphatic hydroxyl groups excluding tert-OH is 1. The second-order valence-electron chi connectivity index (χ2n) is 5.72. The van der Waals surface area contributed by atoms with E-state index in [0.717, 1.165) is 11.4 Å². The number of sulfonamides is 1. The van der Waals surface area contributed by atoms with Gasteiger partial charge in [-0.05, 0) is 6.92 Å². The first kappa shape index (κ1) is 16.3. The van der Waals surface area contributed by atoms with Gasteiger partial charge in [0.25, 0.3) is 0 Å². The zero-order valence-electron chi connectivity index (χ0n) is 12.6. The van der Waals surface area contributed by atoms with Crippen molar-refractivity contribution < 1.29 is 13.5 Å². The highest BCUT2D eigenvalue weighted by molar-refractivity contribution is 7.89. The number of rotatable bonds is 5. The number of aliphatic hydroxyl groups is 1. The van der Waals surface area contributed by atoms with Gasteiger partial charge in [-0.2, -0.15) is 0 Å². The molecule has 0 aliphatic carbocycles. The SMILES string of the molecule is Cc1ncc(CN2C[C@@H](CS(=O)(=O)N(C)C)[C@H](O)C2)cn1. The molecule has 0 radical (unpaired) electrons. The number of β-amino-alcohol motifs (C(OH)–C–C–N with tert-alkyl or cyclic N) is 1. The Bertz CT molecular complexity index is 574. The zero-order valence-corrected chi connectivity index (χ0v) is 13.4. The van der Waals surface area contributed by atoms with E-state index in [1.807, 2.05) is 11.8 Å². The molecule has 1 aliphatic rings. The highest BCUT2D eigenvalue weighted by Crippen LogP contribution is 2.21. The summed E-state index contributed by atoms with van der Waals surface area (Å²) in [5, 5.41) is 10.1. The third kappa shape index (κ3) is 4.19. The lowest BCUT2D eigenvalue weighted by Crippen LogP contribution is -2.33. The lowest BCUT2D eigenvalue weighted by Gasteiger charge is -2.17. The molecule has 0 spiro atoms. The number of aromatic nitrogens is 2. The van der Waals surface area contributed by atoms with Gasteiger partial charge in [0.2, 0.25) is 10.0 Å². The first-order valence-electron chi connectivity index (χ1n) is 6.86. The molecule has 2 rings (SSSR count). The fourth-order valence-corrected chi connectivity index (χ4v) is 3.58. The van der Waals surface area contributed by atoms with E-state index in [1.54, 1.807) is 12.4 Å². The van der Waals surface area contributed by atoms with Crippen molar-refractivity contribution in [3.05, 3.63) is 23.8 Å². The van der Waals surface area contributed by atoms with Crippen molar-refractivity contribution in [1.82, 2.24) is 19.2 Å². The van der Waals surface area contributed by atoms with Crippen molar-refractivity contribution in [3.8, 4) is 0 Å². The monoisotopic (exact) mass is 314 g/mol. The molecule has 7 nitrogen and oxygen atoms in total. The van der Waals surface area contributed by atoms with E-state index < -0.39 is 16.1 Å². The minimum atomic E-state index is -3.29. The van der Waals surface area contributed by atoms with Crippen LogP contribution in [-0.2, 0) is 16.6 Å². The van der Waals surface area contributed by atoms with Gasteiger partial charge in [-0.3, -0.25) is 4.90 Å². The highest BCUT2D eigenvalue weighted by Gasteiger charge is 2.35. The van der Waals surface area contributed by atoms with Gasteiger partial charge in [-0.15, -0.1) is 0 Å². The largest absolute Gasteiger partial charge is 0.391 e. The molecule has 1 fully saturated rings. The fraction of sp³-hybridized carbons (Fsp3) is 0.692.